The van der Waals surface area contributed by atoms with Gasteiger partial charge in [-0.15, -0.1) is 0 Å². The highest BCUT2D eigenvalue weighted by Crippen LogP contribution is 2.12. The molecule has 1 heterocycles. The van der Waals surface area contributed by atoms with E-state index in [0.717, 1.165) is 18.4 Å². The van der Waals surface area contributed by atoms with Crippen molar-refractivity contribution in [2.75, 3.05) is 6.54 Å². The third-order valence-electron chi connectivity index (χ3n) is 2.35. The van der Waals surface area contributed by atoms with Crippen LogP contribution in [-0.2, 0) is 11.2 Å². The van der Waals surface area contributed by atoms with Gasteiger partial charge in [-0.05, 0) is 41.8 Å². The van der Waals surface area contributed by atoms with Gasteiger partial charge in [0.25, 0.3) is 0 Å². The number of thiophene rings is 1. The van der Waals surface area contributed by atoms with Gasteiger partial charge in [0.1, 0.15) is 5.78 Å². The maximum absolute atomic E-state index is 11.7. The van der Waals surface area contributed by atoms with Gasteiger partial charge in [0.15, 0.2) is 0 Å². The Bertz CT molecular complexity index is 269. The fourth-order valence-corrected chi connectivity index (χ4v) is 2.02. The van der Waals surface area contributed by atoms with Gasteiger partial charge in [0.2, 0.25) is 0 Å². The molecule has 1 atom stereocenters. The van der Waals surface area contributed by atoms with Crippen LogP contribution in [0, 0.1) is 5.92 Å². The van der Waals surface area contributed by atoms with Crippen molar-refractivity contribution in [3.63, 3.8) is 0 Å². The molecule has 78 valence electrons. The zero-order valence-corrected chi connectivity index (χ0v) is 9.35. The zero-order chi connectivity index (χ0) is 10.4. The predicted octanol–water partition coefficient (Wildman–Crippen LogP) is 2.23. The first-order chi connectivity index (χ1) is 6.74. The molecular weight excluding hydrogens is 194 g/mol. The summed E-state index contributed by atoms with van der Waals surface area (Å²) in [7, 11) is 0. The molecule has 3 heteroatoms. The molecule has 2 nitrogen and oxygen atoms in total. The average molecular weight is 211 g/mol. The quantitative estimate of drug-likeness (QED) is 0.784. The predicted molar refractivity (Wildman–Crippen MR) is 60.5 cm³/mol. The molecule has 0 aliphatic carbocycles. The van der Waals surface area contributed by atoms with E-state index in [-0.39, 0.29) is 5.92 Å². The zero-order valence-electron chi connectivity index (χ0n) is 8.53. The van der Waals surface area contributed by atoms with Gasteiger partial charge < -0.3 is 5.73 Å². The second-order valence-corrected chi connectivity index (χ2v) is 4.39. The van der Waals surface area contributed by atoms with Crippen LogP contribution in [0.1, 0.15) is 25.3 Å². The summed E-state index contributed by atoms with van der Waals surface area (Å²) in [5.74, 6) is 0.482. The second-order valence-electron chi connectivity index (χ2n) is 3.61. The number of carbonyl (C=O) groups is 1. The molecule has 0 radical (unpaired) electrons. The Morgan fingerprint density at radius 3 is 3.00 bits per heavy atom. The molecule has 0 fully saturated rings. The maximum atomic E-state index is 11.7. The monoisotopic (exact) mass is 211 g/mol. The van der Waals surface area contributed by atoms with Crippen molar-refractivity contribution in [3.05, 3.63) is 22.4 Å². The van der Waals surface area contributed by atoms with Gasteiger partial charge in [0, 0.05) is 12.3 Å². The number of rotatable bonds is 6. The van der Waals surface area contributed by atoms with E-state index in [1.54, 1.807) is 11.3 Å². The minimum atomic E-state index is 0.151. The number of hydrogen-bond donors (Lipinski definition) is 1. The largest absolute Gasteiger partial charge is 0.330 e. The van der Waals surface area contributed by atoms with Crippen LogP contribution in [0.25, 0.3) is 0 Å². The standard InChI is InChI=1S/C11H17NOS/c1-9(3-2-5-12)11(13)7-10-4-6-14-8-10/h4,6,8-9H,2-3,5,7,12H2,1H3. The molecule has 1 aromatic rings. The van der Waals surface area contributed by atoms with Gasteiger partial charge in [-0.3, -0.25) is 4.79 Å². The summed E-state index contributed by atoms with van der Waals surface area (Å²) < 4.78 is 0. The first-order valence-corrected chi connectivity index (χ1v) is 5.92. The van der Waals surface area contributed by atoms with Gasteiger partial charge in [-0.2, -0.15) is 11.3 Å². The molecule has 1 rings (SSSR count). The molecule has 0 aliphatic heterocycles. The second kappa shape index (κ2) is 5.94. The van der Waals surface area contributed by atoms with Crippen molar-refractivity contribution >= 4 is 17.1 Å². The van der Waals surface area contributed by atoms with E-state index >= 15 is 0 Å². The van der Waals surface area contributed by atoms with Crippen LogP contribution in [0.4, 0.5) is 0 Å². The Morgan fingerprint density at radius 2 is 2.43 bits per heavy atom. The third-order valence-corrected chi connectivity index (χ3v) is 3.08. The molecule has 0 spiro atoms. The molecule has 0 aliphatic rings. The number of hydrogen-bond acceptors (Lipinski definition) is 3. The van der Waals surface area contributed by atoms with E-state index in [4.69, 9.17) is 5.73 Å². The topological polar surface area (TPSA) is 43.1 Å². The van der Waals surface area contributed by atoms with Crippen LogP contribution in [0.5, 0.6) is 0 Å². The smallest absolute Gasteiger partial charge is 0.140 e. The summed E-state index contributed by atoms with van der Waals surface area (Å²) in [6, 6.07) is 2.01. The number of nitrogens with two attached hydrogens (primary N) is 1. The molecule has 1 aromatic heterocycles. The van der Waals surface area contributed by atoms with E-state index < -0.39 is 0 Å². The molecule has 0 saturated carbocycles. The van der Waals surface area contributed by atoms with Crippen LogP contribution < -0.4 is 5.73 Å². The Hall–Kier alpha value is -0.670. The van der Waals surface area contributed by atoms with Crippen molar-refractivity contribution < 1.29 is 4.79 Å². The lowest BCUT2D eigenvalue weighted by molar-refractivity contribution is -0.121. The van der Waals surface area contributed by atoms with Gasteiger partial charge in [0.05, 0.1) is 0 Å². The summed E-state index contributed by atoms with van der Waals surface area (Å²) in [5, 5.41) is 4.04. The van der Waals surface area contributed by atoms with Crippen molar-refractivity contribution in [1.29, 1.82) is 0 Å². The maximum Gasteiger partial charge on any atom is 0.140 e. The lowest BCUT2D eigenvalue weighted by Gasteiger charge is -2.08. The van der Waals surface area contributed by atoms with Crippen molar-refractivity contribution in [2.45, 2.75) is 26.2 Å². The SMILES string of the molecule is CC(CCCN)C(=O)Cc1ccsc1. The molecule has 0 amide bonds. The molecular formula is C11H17NOS. The molecule has 0 saturated heterocycles. The summed E-state index contributed by atoms with van der Waals surface area (Å²) in [6.45, 7) is 2.67. The fraction of sp³-hybridized carbons (Fsp3) is 0.545. The van der Waals surface area contributed by atoms with E-state index in [9.17, 15) is 4.79 Å². The molecule has 14 heavy (non-hydrogen) atoms. The average Bonchev–Trinajstić information content (AvgIpc) is 2.66. The summed E-state index contributed by atoms with van der Waals surface area (Å²) >= 11 is 1.64. The van der Waals surface area contributed by atoms with E-state index in [0.29, 0.717) is 18.7 Å². The Labute approximate surface area is 89.1 Å². The molecule has 2 N–H and O–H groups in total. The molecule has 0 aromatic carbocycles. The van der Waals surface area contributed by atoms with Crippen LogP contribution in [0.3, 0.4) is 0 Å². The van der Waals surface area contributed by atoms with Crippen LogP contribution in [0.2, 0.25) is 0 Å². The first-order valence-electron chi connectivity index (χ1n) is 4.98. The van der Waals surface area contributed by atoms with Crippen molar-refractivity contribution in [3.8, 4) is 0 Å². The fourth-order valence-electron chi connectivity index (χ4n) is 1.35. The van der Waals surface area contributed by atoms with Crippen molar-refractivity contribution in [1.82, 2.24) is 0 Å². The highest BCUT2D eigenvalue weighted by molar-refractivity contribution is 7.07. The minimum Gasteiger partial charge on any atom is -0.330 e. The van der Waals surface area contributed by atoms with Crippen molar-refractivity contribution in [2.24, 2.45) is 11.7 Å². The lowest BCUT2D eigenvalue weighted by Crippen LogP contribution is -2.14. The van der Waals surface area contributed by atoms with E-state index in [1.165, 1.54) is 0 Å². The van der Waals surface area contributed by atoms with Gasteiger partial charge in [-0.1, -0.05) is 6.92 Å². The van der Waals surface area contributed by atoms with Gasteiger partial charge >= 0.3 is 0 Å². The first kappa shape index (κ1) is 11.4. The number of Topliss-reactive ketones (excluding diaryl/α,β-unsaturated/α-hetero) is 1. The van der Waals surface area contributed by atoms with E-state index in [1.807, 2.05) is 23.8 Å². The highest BCUT2D eigenvalue weighted by atomic mass is 32.1. The number of ketones is 1. The summed E-state index contributed by atoms with van der Waals surface area (Å²) in [6.07, 6.45) is 2.44. The van der Waals surface area contributed by atoms with Crippen LogP contribution >= 0.6 is 11.3 Å². The van der Waals surface area contributed by atoms with Crippen LogP contribution in [0.15, 0.2) is 16.8 Å². The normalized spacial score (nSPS) is 12.7. The highest BCUT2D eigenvalue weighted by Gasteiger charge is 2.12. The molecule has 1 unspecified atom stereocenters. The summed E-state index contributed by atoms with van der Waals surface area (Å²) in [4.78, 5) is 11.7. The third kappa shape index (κ3) is 3.60. The van der Waals surface area contributed by atoms with Crippen LogP contribution in [-0.4, -0.2) is 12.3 Å². The lowest BCUT2D eigenvalue weighted by atomic mass is 9.96. The van der Waals surface area contributed by atoms with Gasteiger partial charge in [-0.25, -0.2) is 0 Å². The number of carbonyl (C=O) groups excluding carboxylic acids is 1. The Kier molecular flexibility index (Phi) is 4.84. The van der Waals surface area contributed by atoms with E-state index in [2.05, 4.69) is 0 Å². The summed E-state index contributed by atoms with van der Waals surface area (Å²) in [5.41, 5.74) is 6.54. The Balaban J connectivity index is 2.34. The Morgan fingerprint density at radius 1 is 1.64 bits per heavy atom. The molecule has 0 bridgehead atoms. The minimum absolute atomic E-state index is 0.151.